The lowest BCUT2D eigenvalue weighted by molar-refractivity contribution is -0.146. The van der Waals surface area contributed by atoms with Gasteiger partial charge in [0.2, 0.25) is 5.91 Å². The van der Waals surface area contributed by atoms with Crippen molar-refractivity contribution in [2.45, 2.75) is 50.9 Å². The number of nitrogens with two attached hydrogens (primary N) is 1. The van der Waals surface area contributed by atoms with Gasteiger partial charge in [-0.15, -0.1) is 0 Å². The van der Waals surface area contributed by atoms with E-state index in [2.05, 4.69) is 5.32 Å². The van der Waals surface area contributed by atoms with Crippen LogP contribution in [0.3, 0.4) is 0 Å². The second kappa shape index (κ2) is 7.09. The summed E-state index contributed by atoms with van der Waals surface area (Å²) >= 11 is 0. The number of carbonyl (C=O) groups excluding carboxylic acids is 1. The minimum absolute atomic E-state index is 0.223. The highest BCUT2D eigenvalue weighted by Gasteiger charge is 2.31. The largest absolute Gasteiger partial charge is 0.401 e. The molecule has 1 aliphatic carbocycles. The van der Waals surface area contributed by atoms with E-state index in [-0.39, 0.29) is 6.54 Å². The minimum Gasteiger partial charge on any atom is -0.368 e. The summed E-state index contributed by atoms with van der Waals surface area (Å²) in [5.74, 6) is -0.490. The molecule has 1 aliphatic rings. The molecule has 1 atom stereocenters. The quantitative estimate of drug-likeness (QED) is 0.669. The molecule has 4 nitrogen and oxygen atoms in total. The summed E-state index contributed by atoms with van der Waals surface area (Å²) in [4.78, 5) is 12.6. The first-order valence-electron chi connectivity index (χ1n) is 6.66. The Labute approximate surface area is 111 Å². The number of alkyl halides is 3. The molecule has 1 rings (SSSR count). The molecule has 0 bridgehead atoms. The highest BCUT2D eigenvalue weighted by molar-refractivity contribution is 5.79. The maximum absolute atomic E-state index is 12.4. The van der Waals surface area contributed by atoms with E-state index in [9.17, 15) is 18.0 Å². The van der Waals surface area contributed by atoms with Crippen molar-refractivity contribution < 1.29 is 18.0 Å². The first kappa shape index (κ1) is 16.2. The number of hydrogen-bond donors (Lipinski definition) is 2. The summed E-state index contributed by atoms with van der Waals surface area (Å²) in [6, 6.07) is -0.222. The fourth-order valence-electron chi connectivity index (χ4n) is 1.99. The molecule has 112 valence electrons. The van der Waals surface area contributed by atoms with Gasteiger partial charge in [-0.25, -0.2) is 0 Å². The van der Waals surface area contributed by atoms with Crippen LogP contribution in [-0.4, -0.2) is 48.7 Å². The van der Waals surface area contributed by atoms with E-state index in [1.807, 2.05) is 6.92 Å². The van der Waals surface area contributed by atoms with Gasteiger partial charge in [-0.05, 0) is 32.2 Å². The van der Waals surface area contributed by atoms with E-state index in [4.69, 9.17) is 5.73 Å². The lowest BCUT2D eigenvalue weighted by Crippen LogP contribution is -2.45. The zero-order valence-corrected chi connectivity index (χ0v) is 11.2. The maximum atomic E-state index is 12.4. The Balaban J connectivity index is 2.40. The smallest absolute Gasteiger partial charge is 0.368 e. The van der Waals surface area contributed by atoms with Crippen molar-refractivity contribution in [2.24, 2.45) is 5.73 Å². The fraction of sp³-hybridized carbons (Fsp3) is 0.917. The molecule has 0 aromatic rings. The summed E-state index contributed by atoms with van der Waals surface area (Å²) in [6.07, 6.45) is -1.23. The van der Waals surface area contributed by atoms with Gasteiger partial charge in [0.15, 0.2) is 0 Å². The summed E-state index contributed by atoms with van der Waals surface area (Å²) in [5, 5.41) is 3.07. The molecule has 1 unspecified atom stereocenters. The van der Waals surface area contributed by atoms with Crippen LogP contribution in [0, 0.1) is 0 Å². The average molecular weight is 281 g/mol. The number of amides is 1. The van der Waals surface area contributed by atoms with Crippen LogP contribution in [0.25, 0.3) is 0 Å². The Hall–Kier alpha value is -0.820. The van der Waals surface area contributed by atoms with Gasteiger partial charge in [0.25, 0.3) is 0 Å². The zero-order chi connectivity index (χ0) is 14.5. The molecule has 0 aliphatic heterocycles. The molecule has 3 N–H and O–H groups in total. The van der Waals surface area contributed by atoms with Crippen LogP contribution in [0.5, 0.6) is 0 Å². The van der Waals surface area contributed by atoms with E-state index in [0.717, 1.165) is 12.8 Å². The first-order valence-corrected chi connectivity index (χ1v) is 6.66. The van der Waals surface area contributed by atoms with Crippen molar-refractivity contribution >= 4 is 5.91 Å². The van der Waals surface area contributed by atoms with Gasteiger partial charge in [-0.1, -0.05) is 6.92 Å². The van der Waals surface area contributed by atoms with Gasteiger partial charge in [0.1, 0.15) is 0 Å². The Kier molecular flexibility index (Phi) is 6.06. The molecule has 1 fully saturated rings. The molecule has 0 saturated heterocycles. The minimum atomic E-state index is -4.21. The maximum Gasteiger partial charge on any atom is 0.401 e. The van der Waals surface area contributed by atoms with E-state index >= 15 is 0 Å². The Bertz CT molecular complexity index is 292. The molecule has 7 heteroatoms. The highest BCUT2D eigenvalue weighted by Crippen LogP contribution is 2.20. The summed E-state index contributed by atoms with van der Waals surface area (Å²) in [6.45, 7) is 1.49. The van der Waals surface area contributed by atoms with Crippen molar-refractivity contribution in [3.05, 3.63) is 0 Å². The molecular formula is C12H22F3N3O. The SMILES string of the molecule is CCCN(CCC(NC1CC1)C(N)=O)CC(F)(F)F. The molecule has 0 spiro atoms. The van der Waals surface area contributed by atoms with Crippen molar-refractivity contribution in [2.75, 3.05) is 19.6 Å². The number of hydrogen-bond acceptors (Lipinski definition) is 3. The standard InChI is InChI=1S/C12H22F3N3O/c1-2-6-18(8-12(13,14)15)7-5-10(11(16)19)17-9-3-4-9/h9-10,17H,2-8H2,1H3,(H2,16,19). The second-order valence-corrected chi connectivity index (χ2v) is 5.08. The Morgan fingerprint density at radius 1 is 1.42 bits per heavy atom. The monoisotopic (exact) mass is 281 g/mol. The lowest BCUT2D eigenvalue weighted by Gasteiger charge is -2.25. The molecular weight excluding hydrogens is 259 g/mol. The summed E-state index contributed by atoms with van der Waals surface area (Å²) < 4.78 is 37.1. The molecule has 0 heterocycles. The predicted molar refractivity (Wildman–Crippen MR) is 66.5 cm³/mol. The number of carbonyl (C=O) groups is 1. The first-order chi connectivity index (χ1) is 8.81. The van der Waals surface area contributed by atoms with Crippen LogP contribution in [0.15, 0.2) is 0 Å². The molecule has 0 radical (unpaired) electrons. The van der Waals surface area contributed by atoms with Crippen LogP contribution in [0.2, 0.25) is 0 Å². The number of rotatable bonds is 9. The summed E-state index contributed by atoms with van der Waals surface area (Å²) in [5.41, 5.74) is 5.26. The molecule has 0 aromatic carbocycles. The van der Waals surface area contributed by atoms with Gasteiger partial charge in [0.05, 0.1) is 12.6 Å². The van der Waals surface area contributed by atoms with E-state index in [1.54, 1.807) is 0 Å². The normalized spacial score (nSPS) is 17.7. The van der Waals surface area contributed by atoms with Crippen molar-refractivity contribution in [1.29, 1.82) is 0 Å². The number of nitrogens with one attached hydrogen (secondary N) is 1. The third-order valence-corrected chi connectivity index (χ3v) is 3.03. The second-order valence-electron chi connectivity index (χ2n) is 5.08. The Morgan fingerprint density at radius 3 is 2.47 bits per heavy atom. The topological polar surface area (TPSA) is 58.4 Å². The molecule has 1 amide bonds. The van der Waals surface area contributed by atoms with E-state index < -0.39 is 24.7 Å². The van der Waals surface area contributed by atoms with Crippen LogP contribution >= 0.6 is 0 Å². The third kappa shape index (κ3) is 7.37. The van der Waals surface area contributed by atoms with E-state index in [0.29, 0.717) is 25.4 Å². The van der Waals surface area contributed by atoms with Crippen LogP contribution in [0.1, 0.15) is 32.6 Å². The molecule has 19 heavy (non-hydrogen) atoms. The summed E-state index contributed by atoms with van der Waals surface area (Å²) in [7, 11) is 0. The predicted octanol–water partition coefficient (Wildman–Crippen LogP) is 1.26. The lowest BCUT2D eigenvalue weighted by atomic mass is 10.1. The molecule has 0 aromatic heterocycles. The van der Waals surface area contributed by atoms with Gasteiger partial charge in [0, 0.05) is 12.6 Å². The van der Waals surface area contributed by atoms with Crippen molar-refractivity contribution in [3.63, 3.8) is 0 Å². The van der Waals surface area contributed by atoms with Crippen molar-refractivity contribution in [1.82, 2.24) is 10.2 Å². The van der Waals surface area contributed by atoms with Crippen molar-refractivity contribution in [3.8, 4) is 0 Å². The highest BCUT2D eigenvalue weighted by atomic mass is 19.4. The van der Waals surface area contributed by atoms with Gasteiger partial charge < -0.3 is 11.1 Å². The van der Waals surface area contributed by atoms with Crippen LogP contribution in [-0.2, 0) is 4.79 Å². The Morgan fingerprint density at radius 2 is 2.05 bits per heavy atom. The number of halogens is 3. The number of nitrogens with zero attached hydrogens (tertiary/aromatic N) is 1. The number of primary amides is 1. The zero-order valence-electron chi connectivity index (χ0n) is 11.2. The van der Waals surface area contributed by atoms with Crippen LogP contribution in [0.4, 0.5) is 13.2 Å². The van der Waals surface area contributed by atoms with Crippen LogP contribution < -0.4 is 11.1 Å². The third-order valence-electron chi connectivity index (χ3n) is 3.03. The average Bonchev–Trinajstić information content (AvgIpc) is 3.05. The fourth-order valence-corrected chi connectivity index (χ4v) is 1.99. The van der Waals surface area contributed by atoms with Gasteiger partial charge >= 0.3 is 6.18 Å². The van der Waals surface area contributed by atoms with E-state index in [1.165, 1.54) is 4.90 Å². The molecule has 1 saturated carbocycles. The van der Waals surface area contributed by atoms with Gasteiger partial charge in [-0.2, -0.15) is 13.2 Å². The van der Waals surface area contributed by atoms with Gasteiger partial charge in [-0.3, -0.25) is 9.69 Å².